The van der Waals surface area contributed by atoms with Gasteiger partial charge in [-0.05, 0) is 49.6 Å². The molecule has 0 aromatic heterocycles. The summed E-state index contributed by atoms with van der Waals surface area (Å²) in [4.78, 5) is 35.4. The summed E-state index contributed by atoms with van der Waals surface area (Å²) in [5, 5.41) is 2.79. The Bertz CT molecular complexity index is 891. The van der Waals surface area contributed by atoms with Gasteiger partial charge < -0.3 is 19.5 Å². The summed E-state index contributed by atoms with van der Waals surface area (Å²) >= 11 is 0. The average molecular weight is 413 g/mol. The van der Waals surface area contributed by atoms with Crippen LogP contribution in [0.4, 0.5) is 0 Å². The van der Waals surface area contributed by atoms with Crippen molar-refractivity contribution in [3.05, 3.63) is 59.2 Å². The number of rotatable bonds is 10. The van der Waals surface area contributed by atoms with Crippen LogP contribution in [0.15, 0.2) is 42.5 Å². The third-order valence-corrected chi connectivity index (χ3v) is 4.55. The fraction of sp³-hybridized carbons (Fsp3) is 0.348. The van der Waals surface area contributed by atoms with Gasteiger partial charge in [-0.1, -0.05) is 31.2 Å². The molecule has 0 aliphatic rings. The number of carbonyl (C=O) groups is 3. The number of ketones is 1. The van der Waals surface area contributed by atoms with Crippen LogP contribution in [-0.4, -0.2) is 38.0 Å². The van der Waals surface area contributed by atoms with Crippen LogP contribution in [0, 0.1) is 0 Å². The van der Waals surface area contributed by atoms with Gasteiger partial charge in [-0.3, -0.25) is 9.59 Å². The molecule has 0 radical (unpaired) electrons. The maximum Gasteiger partial charge on any atom is 0.344 e. The first-order chi connectivity index (χ1) is 14.3. The van der Waals surface area contributed by atoms with Crippen LogP contribution in [0.3, 0.4) is 0 Å². The Balaban J connectivity index is 1.80. The van der Waals surface area contributed by atoms with Gasteiger partial charge in [-0.2, -0.15) is 0 Å². The van der Waals surface area contributed by atoms with Crippen molar-refractivity contribution in [2.24, 2.45) is 0 Å². The van der Waals surface area contributed by atoms with Crippen molar-refractivity contribution >= 4 is 17.7 Å². The highest BCUT2D eigenvalue weighted by Gasteiger charge is 2.14. The zero-order valence-corrected chi connectivity index (χ0v) is 17.7. The van der Waals surface area contributed by atoms with E-state index in [1.165, 1.54) is 25.7 Å². The molecule has 2 aromatic rings. The normalized spacial score (nSPS) is 11.3. The second kappa shape index (κ2) is 11.0. The molecular formula is C23H27NO6. The molecule has 7 heteroatoms. The van der Waals surface area contributed by atoms with Crippen molar-refractivity contribution < 1.29 is 28.6 Å². The van der Waals surface area contributed by atoms with Crippen LogP contribution < -0.4 is 14.8 Å². The minimum absolute atomic E-state index is 0.110. The molecule has 0 spiro atoms. The van der Waals surface area contributed by atoms with E-state index in [0.717, 1.165) is 12.0 Å². The zero-order chi connectivity index (χ0) is 22.1. The minimum Gasteiger partial charge on any atom is -0.493 e. The van der Waals surface area contributed by atoms with Gasteiger partial charge in [0.15, 0.2) is 30.5 Å². The molecule has 7 nitrogen and oxygen atoms in total. The van der Waals surface area contributed by atoms with Crippen molar-refractivity contribution in [2.45, 2.75) is 33.2 Å². The fourth-order valence-electron chi connectivity index (χ4n) is 2.74. The van der Waals surface area contributed by atoms with Gasteiger partial charge in [-0.15, -0.1) is 0 Å². The molecule has 0 fully saturated rings. The van der Waals surface area contributed by atoms with Gasteiger partial charge in [0.1, 0.15) is 0 Å². The summed E-state index contributed by atoms with van der Waals surface area (Å²) in [6.45, 7) is 4.59. The molecule has 30 heavy (non-hydrogen) atoms. The monoisotopic (exact) mass is 413 g/mol. The highest BCUT2D eigenvalue weighted by atomic mass is 16.6. The number of amides is 1. The first kappa shape index (κ1) is 22.9. The minimum atomic E-state index is -0.692. The zero-order valence-electron chi connectivity index (χ0n) is 17.7. The first-order valence-corrected chi connectivity index (χ1v) is 9.69. The van der Waals surface area contributed by atoms with Crippen molar-refractivity contribution in [1.29, 1.82) is 0 Å². The van der Waals surface area contributed by atoms with E-state index in [4.69, 9.17) is 14.2 Å². The summed E-state index contributed by atoms with van der Waals surface area (Å²) < 4.78 is 15.5. The number of Topliss-reactive ketones (excluding diaryl/α,β-unsaturated/α-hetero) is 1. The molecule has 0 aliphatic carbocycles. The van der Waals surface area contributed by atoms with Crippen LogP contribution in [0.5, 0.6) is 11.5 Å². The Morgan fingerprint density at radius 1 is 1.00 bits per heavy atom. The SMILES string of the molecule is CCc1ccc([C@@H](C)NC(=O)COC(=O)COc2ccc(C(C)=O)cc2OC)cc1. The van der Waals surface area contributed by atoms with Crippen LogP contribution in [0.25, 0.3) is 0 Å². The summed E-state index contributed by atoms with van der Waals surface area (Å²) in [7, 11) is 1.44. The van der Waals surface area contributed by atoms with Crippen molar-refractivity contribution in [2.75, 3.05) is 20.3 Å². The molecule has 0 saturated carbocycles. The molecule has 0 saturated heterocycles. The van der Waals surface area contributed by atoms with Crippen LogP contribution in [0.2, 0.25) is 0 Å². The third-order valence-electron chi connectivity index (χ3n) is 4.55. The lowest BCUT2D eigenvalue weighted by atomic mass is 10.1. The van der Waals surface area contributed by atoms with Crippen molar-refractivity contribution in [1.82, 2.24) is 5.32 Å². The third kappa shape index (κ3) is 6.62. The standard InChI is InChI=1S/C23H27NO6/c1-5-17-6-8-18(9-7-17)15(2)24-22(26)13-30-23(27)14-29-20-11-10-19(16(3)25)12-21(20)28-4/h6-12,15H,5,13-14H2,1-4H3,(H,24,26)/t15-/m1/s1. The molecule has 1 N–H and O–H groups in total. The van der Waals surface area contributed by atoms with E-state index in [0.29, 0.717) is 17.1 Å². The predicted octanol–water partition coefficient (Wildman–Crippen LogP) is 3.26. The number of carbonyl (C=O) groups excluding carboxylic acids is 3. The smallest absolute Gasteiger partial charge is 0.344 e. The van der Waals surface area contributed by atoms with Crippen LogP contribution >= 0.6 is 0 Å². The Labute approximate surface area is 176 Å². The van der Waals surface area contributed by atoms with E-state index in [1.54, 1.807) is 12.1 Å². The lowest BCUT2D eigenvalue weighted by molar-refractivity contribution is -0.150. The Hall–Kier alpha value is -3.35. The number of methoxy groups -OCH3 is 1. The summed E-state index contributed by atoms with van der Waals surface area (Å²) in [5.41, 5.74) is 2.66. The maximum absolute atomic E-state index is 12.0. The number of aryl methyl sites for hydroxylation is 1. The average Bonchev–Trinajstić information content (AvgIpc) is 2.75. The largest absolute Gasteiger partial charge is 0.493 e. The highest BCUT2D eigenvalue weighted by Crippen LogP contribution is 2.28. The molecule has 2 aromatic carbocycles. The highest BCUT2D eigenvalue weighted by molar-refractivity contribution is 5.94. The molecule has 0 aliphatic heterocycles. The van der Waals surface area contributed by atoms with Gasteiger partial charge >= 0.3 is 5.97 Å². The number of hydrogen-bond donors (Lipinski definition) is 1. The number of hydrogen-bond acceptors (Lipinski definition) is 6. The molecule has 0 unspecified atom stereocenters. The van der Waals surface area contributed by atoms with Gasteiger partial charge in [0, 0.05) is 5.56 Å². The van der Waals surface area contributed by atoms with Gasteiger partial charge in [-0.25, -0.2) is 4.79 Å². The molecular weight excluding hydrogens is 386 g/mol. The van der Waals surface area contributed by atoms with E-state index in [9.17, 15) is 14.4 Å². The lowest BCUT2D eigenvalue weighted by Gasteiger charge is -2.15. The van der Waals surface area contributed by atoms with E-state index in [1.807, 2.05) is 31.2 Å². The van der Waals surface area contributed by atoms with Crippen molar-refractivity contribution in [3.8, 4) is 11.5 Å². The van der Waals surface area contributed by atoms with Gasteiger partial charge in [0.05, 0.1) is 13.2 Å². The predicted molar refractivity (Wildman–Crippen MR) is 112 cm³/mol. The second-order valence-electron chi connectivity index (χ2n) is 6.76. The summed E-state index contributed by atoms with van der Waals surface area (Å²) in [6, 6.07) is 12.4. The van der Waals surface area contributed by atoms with E-state index in [2.05, 4.69) is 12.2 Å². The second-order valence-corrected chi connectivity index (χ2v) is 6.76. The van der Waals surface area contributed by atoms with Crippen LogP contribution in [-0.2, 0) is 20.7 Å². The molecule has 1 atom stereocenters. The maximum atomic E-state index is 12.0. The molecule has 1 amide bonds. The van der Waals surface area contributed by atoms with Gasteiger partial charge in [0.25, 0.3) is 5.91 Å². The number of nitrogens with one attached hydrogen (secondary N) is 1. The Kier molecular flexibility index (Phi) is 8.41. The summed E-state index contributed by atoms with van der Waals surface area (Å²) in [6.07, 6.45) is 0.950. The molecule has 2 rings (SSSR count). The van der Waals surface area contributed by atoms with E-state index >= 15 is 0 Å². The number of esters is 1. The number of benzene rings is 2. The Morgan fingerprint density at radius 3 is 2.30 bits per heavy atom. The molecule has 0 heterocycles. The molecule has 0 bridgehead atoms. The Morgan fingerprint density at radius 2 is 1.70 bits per heavy atom. The first-order valence-electron chi connectivity index (χ1n) is 9.69. The topological polar surface area (TPSA) is 90.9 Å². The van der Waals surface area contributed by atoms with E-state index < -0.39 is 25.1 Å². The summed E-state index contributed by atoms with van der Waals surface area (Å²) in [5.74, 6) is -0.577. The van der Waals surface area contributed by atoms with Crippen molar-refractivity contribution in [3.63, 3.8) is 0 Å². The lowest BCUT2D eigenvalue weighted by Crippen LogP contribution is -2.32. The van der Waals surface area contributed by atoms with Crippen LogP contribution in [0.1, 0.15) is 48.3 Å². The quantitative estimate of drug-likeness (QED) is 0.475. The molecule has 160 valence electrons. The van der Waals surface area contributed by atoms with E-state index in [-0.39, 0.29) is 11.8 Å². The fourth-order valence-corrected chi connectivity index (χ4v) is 2.74. The number of ether oxygens (including phenoxy) is 3. The van der Waals surface area contributed by atoms with Gasteiger partial charge in [0.2, 0.25) is 0 Å².